The van der Waals surface area contributed by atoms with E-state index in [1.165, 1.54) is 47.6 Å². The number of aromatic nitrogens is 2. The van der Waals surface area contributed by atoms with E-state index < -0.39 is 0 Å². The molecule has 0 saturated heterocycles. The van der Waals surface area contributed by atoms with E-state index in [4.69, 9.17) is 0 Å². The molecule has 3 nitrogen and oxygen atoms in total. The topological polar surface area (TPSA) is 31.9 Å². The van der Waals surface area contributed by atoms with E-state index in [0.29, 0.717) is 0 Å². The minimum atomic E-state index is 1.03. The molecule has 0 fully saturated rings. The SMILES string of the molecule is CCCCCCSc1cn[nH]c1C1=CCCN(C)C1. The second-order valence-corrected chi connectivity index (χ2v) is 6.41. The summed E-state index contributed by atoms with van der Waals surface area (Å²) in [5.74, 6) is 1.20. The number of hydrogen-bond donors (Lipinski definition) is 1. The highest BCUT2D eigenvalue weighted by atomic mass is 32.2. The first-order valence-electron chi connectivity index (χ1n) is 7.35. The molecular weight excluding hydrogens is 254 g/mol. The molecule has 0 amide bonds. The Hall–Kier alpha value is -0.740. The summed E-state index contributed by atoms with van der Waals surface area (Å²) in [5, 5.41) is 7.41. The molecule has 1 aliphatic heterocycles. The van der Waals surface area contributed by atoms with Crippen LogP contribution < -0.4 is 0 Å². The molecular formula is C15H25N3S. The summed E-state index contributed by atoms with van der Waals surface area (Å²) in [5.41, 5.74) is 2.65. The van der Waals surface area contributed by atoms with Crippen LogP contribution in [0.2, 0.25) is 0 Å². The molecule has 1 aromatic heterocycles. The zero-order chi connectivity index (χ0) is 13.5. The fourth-order valence-electron chi connectivity index (χ4n) is 2.40. The normalized spacial score (nSPS) is 16.6. The molecule has 1 N–H and O–H groups in total. The summed E-state index contributed by atoms with van der Waals surface area (Å²) in [6.07, 6.45) is 10.8. The molecule has 2 rings (SSSR count). The number of H-pyrrole nitrogens is 1. The molecule has 0 unspecified atom stereocenters. The number of aromatic amines is 1. The van der Waals surface area contributed by atoms with Crippen molar-refractivity contribution in [2.45, 2.75) is 43.9 Å². The largest absolute Gasteiger partial charge is 0.302 e. The third-order valence-electron chi connectivity index (χ3n) is 3.52. The first-order valence-corrected chi connectivity index (χ1v) is 8.34. The molecule has 0 aromatic carbocycles. The van der Waals surface area contributed by atoms with Crippen molar-refractivity contribution in [3.63, 3.8) is 0 Å². The van der Waals surface area contributed by atoms with Gasteiger partial charge >= 0.3 is 0 Å². The van der Waals surface area contributed by atoms with Gasteiger partial charge in [-0.1, -0.05) is 32.3 Å². The summed E-state index contributed by atoms with van der Waals surface area (Å²) in [4.78, 5) is 3.68. The van der Waals surface area contributed by atoms with Gasteiger partial charge in [0.25, 0.3) is 0 Å². The average Bonchev–Trinajstić information content (AvgIpc) is 2.87. The van der Waals surface area contributed by atoms with Gasteiger partial charge in [0.05, 0.1) is 16.8 Å². The van der Waals surface area contributed by atoms with Gasteiger partial charge in [-0.15, -0.1) is 11.8 Å². The predicted octanol–water partition coefficient (Wildman–Crippen LogP) is 3.80. The van der Waals surface area contributed by atoms with E-state index in [1.807, 2.05) is 18.0 Å². The van der Waals surface area contributed by atoms with Crippen LogP contribution in [0.25, 0.3) is 5.57 Å². The molecule has 19 heavy (non-hydrogen) atoms. The van der Waals surface area contributed by atoms with Crippen LogP contribution in [-0.2, 0) is 0 Å². The van der Waals surface area contributed by atoms with Gasteiger partial charge in [0.15, 0.2) is 0 Å². The number of nitrogens with one attached hydrogen (secondary N) is 1. The van der Waals surface area contributed by atoms with Crippen molar-refractivity contribution >= 4 is 17.3 Å². The number of rotatable bonds is 7. The second kappa shape index (κ2) is 7.75. The minimum absolute atomic E-state index is 1.03. The number of hydrogen-bond acceptors (Lipinski definition) is 3. The van der Waals surface area contributed by atoms with Crippen molar-refractivity contribution in [3.8, 4) is 0 Å². The molecule has 0 atom stereocenters. The Labute approximate surface area is 120 Å². The van der Waals surface area contributed by atoms with E-state index in [0.717, 1.165) is 19.5 Å². The highest BCUT2D eigenvalue weighted by Crippen LogP contribution is 2.29. The van der Waals surface area contributed by atoms with E-state index in [1.54, 1.807) is 0 Å². The fraction of sp³-hybridized carbons (Fsp3) is 0.667. The number of nitrogens with zero attached hydrogens (tertiary/aromatic N) is 2. The lowest BCUT2D eigenvalue weighted by Gasteiger charge is -2.22. The quantitative estimate of drug-likeness (QED) is 0.608. The van der Waals surface area contributed by atoms with Crippen LogP contribution in [-0.4, -0.2) is 41.0 Å². The summed E-state index contributed by atoms with van der Waals surface area (Å²) in [6.45, 7) is 4.45. The summed E-state index contributed by atoms with van der Waals surface area (Å²) in [7, 11) is 2.18. The van der Waals surface area contributed by atoms with Crippen LogP contribution in [0.15, 0.2) is 17.2 Å². The van der Waals surface area contributed by atoms with Crippen LogP contribution in [0.5, 0.6) is 0 Å². The number of thioether (sulfide) groups is 1. The molecule has 1 aliphatic rings. The molecule has 0 saturated carbocycles. The van der Waals surface area contributed by atoms with Gasteiger partial charge < -0.3 is 4.90 Å². The van der Waals surface area contributed by atoms with Crippen molar-refractivity contribution in [2.24, 2.45) is 0 Å². The van der Waals surface area contributed by atoms with Crippen molar-refractivity contribution in [1.29, 1.82) is 0 Å². The molecule has 2 heterocycles. The number of unbranched alkanes of at least 4 members (excludes halogenated alkanes) is 3. The highest BCUT2D eigenvalue weighted by molar-refractivity contribution is 7.99. The van der Waals surface area contributed by atoms with Gasteiger partial charge in [-0.05, 0) is 31.2 Å². The maximum Gasteiger partial charge on any atom is 0.0755 e. The lowest BCUT2D eigenvalue weighted by Crippen LogP contribution is -2.25. The lowest BCUT2D eigenvalue weighted by atomic mass is 10.1. The molecule has 1 aromatic rings. The Kier molecular flexibility index (Phi) is 5.98. The smallest absolute Gasteiger partial charge is 0.0755 e. The molecule has 0 radical (unpaired) electrons. The zero-order valence-electron chi connectivity index (χ0n) is 12.1. The number of likely N-dealkylation sites (N-methyl/N-ethyl adjacent to an activating group) is 1. The molecule has 0 spiro atoms. The molecule has 4 heteroatoms. The van der Waals surface area contributed by atoms with E-state index in [2.05, 4.69) is 35.1 Å². The Morgan fingerprint density at radius 3 is 3.05 bits per heavy atom. The Morgan fingerprint density at radius 1 is 1.37 bits per heavy atom. The van der Waals surface area contributed by atoms with Crippen molar-refractivity contribution in [2.75, 3.05) is 25.9 Å². The van der Waals surface area contributed by atoms with Crippen LogP contribution in [0.4, 0.5) is 0 Å². The van der Waals surface area contributed by atoms with Gasteiger partial charge in [-0.3, -0.25) is 5.10 Å². The van der Waals surface area contributed by atoms with Gasteiger partial charge in [0, 0.05) is 13.1 Å². The second-order valence-electron chi connectivity index (χ2n) is 5.27. The maximum absolute atomic E-state index is 4.23. The zero-order valence-corrected chi connectivity index (χ0v) is 12.9. The lowest BCUT2D eigenvalue weighted by molar-refractivity contribution is 0.372. The first-order chi connectivity index (χ1) is 9.31. The van der Waals surface area contributed by atoms with E-state index in [-0.39, 0.29) is 0 Å². The average molecular weight is 279 g/mol. The molecule has 0 bridgehead atoms. The minimum Gasteiger partial charge on any atom is -0.302 e. The molecule has 106 valence electrons. The van der Waals surface area contributed by atoms with Crippen molar-refractivity contribution < 1.29 is 0 Å². The van der Waals surface area contributed by atoms with Crippen molar-refractivity contribution in [3.05, 3.63) is 18.0 Å². The van der Waals surface area contributed by atoms with Crippen LogP contribution in [0.3, 0.4) is 0 Å². The van der Waals surface area contributed by atoms with Crippen LogP contribution >= 0.6 is 11.8 Å². The predicted molar refractivity (Wildman–Crippen MR) is 83.5 cm³/mol. The van der Waals surface area contributed by atoms with Gasteiger partial charge in [0.1, 0.15) is 0 Å². The monoisotopic (exact) mass is 279 g/mol. The van der Waals surface area contributed by atoms with Crippen LogP contribution in [0, 0.1) is 0 Å². The maximum atomic E-state index is 4.23. The standard InChI is InChI=1S/C15H25N3S/c1-3-4-5-6-10-19-14-11-16-17-15(14)13-8-7-9-18(2)12-13/h8,11H,3-7,9-10,12H2,1-2H3,(H,16,17). The van der Waals surface area contributed by atoms with Gasteiger partial charge in [-0.2, -0.15) is 5.10 Å². The summed E-state index contributed by atoms with van der Waals surface area (Å²) >= 11 is 1.95. The van der Waals surface area contributed by atoms with Crippen LogP contribution in [0.1, 0.15) is 44.7 Å². The fourth-order valence-corrected chi connectivity index (χ4v) is 3.42. The van der Waals surface area contributed by atoms with E-state index in [9.17, 15) is 0 Å². The Balaban J connectivity index is 1.88. The summed E-state index contributed by atoms with van der Waals surface area (Å²) in [6, 6.07) is 0. The molecule has 0 aliphatic carbocycles. The summed E-state index contributed by atoms with van der Waals surface area (Å²) < 4.78 is 0. The van der Waals surface area contributed by atoms with Gasteiger partial charge in [-0.25, -0.2) is 0 Å². The Bertz CT molecular complexity index is 411. The third-order valence-corrected chi connectivity index (χ3v) is 4.64. The van der Waals surface area contributed by atoms with Gasteiger partial charge in [0.2, 0.25) is 0 Å². The Morgan fingerprint density at radius 2 is 2.26 bits per heavy atom. The van der Waals surface area contributed by atoms with E-state index >= 15 is 0 Å². The highest BCUT2D eigenvalue weighted by Gasteiger charge is 2.15. The first kappa shape index (κ1) is 14.7. The third kappa shape index (κ3) is 4.39. The van der Waals surface area contributed by atoms with Crippen molar-refractivity contribution in [1.82, 2.24) is 15.1 Å².